The first-order chi connectivity index (χ1) is 4.52. The molecule has 0 heterocycles. The molecule has 0 heteroatoms. The van der Waals surface area contributed by atoms with E-state index in [0.717, 1.165) is 6.42 Å². The smallest absolute Gasteiger partial charge is 0.0272 e. The van der Waals surface area contributed by atoms with Gasteiger partial charge in [0.1, 0.15) is 0 Å². The fraction of sp³-hybridized carbons (Fsp3) is 0.800. The van der Waals surface area contributed by atoms with Crippen molar-refractivity contribution in [3.05, 3.63) is 12.2 Å². The molecular weight excluding hydrogens is 120 g/mol. The quantitative estimate of drug-likeness (QED) is 0.521. The van der Waals surface area contributed by atoms with Crippen molar-refractivity contribution in [3.8, 4) is 0 Å². The van der Waals surface area contributed by atoms with Crippen LogP contribution in [0.3, 0.4) is 0 Å². The van der Waals surface area contributed by atoms with Crippen LogP contribution in [0.25, 0.3) is 0 Å². The second-order valence-electron chi connectivity index (χ2n) is 3.80. The van der Waals surface area contributed by atoms with Gasteiger partial charge in [0.2, 0.25) is 0 Å². The third kappa shape index (κ3) is 3.71. The van der Waals surface area contributed by atoms with Crippen molar-refractivity contribution < 1.29 is 0 Å². The Morgan fingerprint density at radius 1 is 1.30 bits per heavy atom. The van der Waals surface area contributed by atoms with Crippen LogP contribution < -0.4 is 0 Å². The van der Waals surface area contributed by atoms with E-state index in [2.05, 4.69) is 34.3 Å². The highest BCUT2D eigenvalue weighted by Gasteiger charge is 2.14. The predicted octanol–water partition coefficient (Wildman–Crippen LogP) is 3.78. The molecule has 0 aliphatic rings. The predicted molar refractivity (Wildman–Crippen MR) is 48.1 cm³/mol. The second-order valence-corrected chi connectivity index (χ2v) is 3.80. The highest BCUT2D eigenvalue weighted by atomic mass is 14.2. The molecule has 0 aromatic rings. The Morgan fingerprint density at radius 2 is 1.80 bits per heavy atom. The van der Waals surface area contributed by atoms with Crippen molar-refractivity contribution >= 4 is 0 Å². The first kappa shape index (κ1) is 9.74. The Balaban J connectivity index is 3.76. The lowest BCUT2D eigenvalue weighted by atomic mass is 9.83. The van der Waals surface area contributed by atoms with E-state index in [4.69, 9.17) is 0 Å². The largest absolute Gasteiger partial charge is 0.0999 e. The van der Waals surface area contributed by atoms with E-state index in [1.807, 2.05) is 0 Å². The maximum absolute atomic E-state index is 4.01. The molecule has 0 N–H and O–H groups in total. The molecule has 0 saturated carbocycles. The van der Waals surface area contributed by atoms with Crippen molar-refractivity contribution in [2.45, 2.75) is 47.0 Å². The van der Waals surface area contributed by atoms with Gasteiger partial charge >= 0.3 is 0 Å². The van der Waals surface area contributed by atoms with E-state index in [0.29, 0.717) is 5.41 Å². The molecule has 0 aromatic heterocycles. The monoisotopic (exact) mass is 140 g/mol. The molecule has 0 unspecified atom stereocenters. The van der Waals surface area contributed by atoms with Gasteiger partial charge in [0, 0.05) is 0 Å². The van der Waals surface area contributed by atoms with E-state index in [1.165, 1.54) is 18.4 Å². The van der Waals surface area contributed by atoms with Crippen LogP contribution in [0.1, 0.15) is 47.0 Å². The summed E-state index contributed by atoms with van der Waals surface area (Å²) in [7, 11) is 0. The summed E-state index contributed by atoms with van der Waals surface area (Å²) in [6.07, 6.45) is 3.55. The summed E-state index contributed by atoms with van der Waals surface area (Å²) >= 11 is 0. The molecule has 0 fully saturated rings. The second kappa shape index (κ2) is 3.80. The zero-order valence-electron chi connectivity index (χ0n) is 7.83. The Bertz CT molecular complexity index is 109. The number of hydrogen-bond donors (Lipinski definition) is 0. The molecule has 0 saturated heterocycles. The lowest BCUT2D eigenvalue weighted by Crippen LogP contribution is -2.09. The highest BCUT2D eigenvalue weighted by Crippen LogP contribution is 2.28. The van der Waals surface area contributed by atoms with Crippen LogP contribution in [0.2, 0.25) is 0 Å². The summed E-state index contributed by atoms with van der Waals surface area (Å²) in [5.74, 6) is 0. The maximum Gasteiger partial charge on any atom is -0.0272 e. The zero-order chi connectivity index (χ0) is 8.20. The summed E-state index contributed by atoms with van der Waals surface area (Å²) in [5.41, 5.74) is 1.85. The molecule has 0 aliphatic carbocycles. The van der Waals surface area contributed by atoms with Gasteiger partial charge in [-0.2, -0.15) is 0 Å². The van der Waals surface area contributed by atoms with E-state index >= 15 is 0 Å². The SMILES string of the molecule is C=C(CC)CC(C)(C)CC. The van der Waals surface area contributed by atoms with E-state index in [9.17, 15) is 0 Å². The molecule has 0 bridgehead atoms. The minimum absolute atomic E-state index is 0.465. The molecule has 0 spiro atoms. The Labute approximate surface area is 65.3 Å². The lowest BCUT2D eigenvalue weighted by Gasteiger charge is -2.23. The molecule has 0 rings (SSSR count). The van der Waals surface area contributed by atoms with Crippen molar-refractivity contribution in [1.29, 1.82) is 0 Å². The van der Waals surface area contributed by atoms with Crippen LogP contribution in [-0.2, 0) is 0 Å². The average molecular weight is 140 g/mol. The summed E-state index contributed by atoms with van der Waals surface area (Å²) in [6.45, 7) is 13.0. The molecule has 0 radical (unpaired) electrons. The van der Waals surface area contributed by atoms with Crippen LogP contribution in [0.15, 0.2) is 12.2 Å². The molecule has 0 aliphatic heterocycles. The number of hydrogen-bond acceptors (Lipinski definition) is 0. The Hall–Kier alpha value is -0.260. The van der Waals surface area contributed by atoms with Gasteiger partial charge in [-0.15, -0.1) is 0 Å². The van der Waals surface area contributed by atoms with Crippen LogP contribution in [0.4, 0.5) is 0 Å². The summed E-state index contributed by atoms with van der Waals surface area (Å²) < 4.78 is 0. The standard InChI is InChI=1S/C10H20/c1-6-9(3)8-10(4,5)7-2/h3,6-8H2,1-2,4-5H3. The van der Waals surface area contributed by atoms with Gasteiger partial charge in [-0.1, -0.05) is 46.3 Å². The van der Waals surface area contributed by atoms with Gasteiger partial charge in [-0.25, -0.2) is 0 Å². The summed E-state index contributed by atoms with van der Waals surface area (Å²) in [6, 6.07) is 0. The molecule has 0 amide bonds. The van der Waals surface area contributed by atoms with Gasteiger partial charge in [0.05, 0.1) is 0 Å². The number of allylic oxidation sites excluding steroid dienone is 1. The Kier molecular flexibility index (Phi) is 3.70. The molecule has 0 aromatic carbocycles. The minimum Gasteiger partial charge on any atom is -0.0999 e. The minimum atomic E-state index is 0.465. The van der Waals surface area contributed by atoms with E-state index in [-0.39, 0.29) is 0 Å². The van der Waals surface area contributed by atoms with Gasteiger partial charge in [0.15, 0.2) is 0 Å². The number of rotatable bonds is 4. The van der Waals surface area contributed by atoms with Crippen molar-refractivity contribution in [3.63, 3.8) is 0 Å². The van der Waals surface area contributed by atoms with Gasteiger partial charge < -0.3 is 0 Å². The summed E-state index contributed by atoms with van der Waals surface area (Å²) in [4.78, 5) is 0. The van der Waals surface area contributed by atoms with Gasteiger partial charge in [-0.3, -0.25) is 0 Å². The van der Waals surface area contributed by atoms with Crippen LogP contribution in [0.5, 0.6) is 0 Å². The Morgan fingerprint density at radius 3 is 2.10 bits per heavy atom. The fourth-order valence-electron chi connectivity index (χ4n) is 0.927. The van der Waals surface area contributed by atoms with Crippen LogP contribution in [0, 0.1) is 5.41 Å². The fourth-order valence-corrected chi connectivity index (χ4v) is 0.927. The molecule has 60 valence electrons. The van der Waals surface area contributed by atoms with Crippen molar-refractivity contribution in [2.24, 2.45) is 5.41 Å². The maximum atomic E-state index is 4.01. The normalized spacial score (nSPS) is 11.6. The molecule has 0 atom stereocenters. The van der Waals surface area contributed by atoms with E-state index < -0.39 is 0 Å². The molecule has 0 nitrogen and oxygen atoms in total. The first-order valence-electron chi connectivity index (χ1n) is 4.18. The van der Waals surface area contributed by atoms with Gasteiger partial charge in [-0.05, 0) is 18.3 Å². The first-order valence-corrected chi connectivity index (χ1v) is 4.18. The van der Waals surface area contributed by atoms with E-state index in [1.54, 1.807) is 0 Å². The lowest BCUT2D eigenvalue weighted by molar-refractivity contribution is 0.345. The molecule has 10 heavy (non-hydrogen) atoms. The summed E-state index contributed by atoms with van der Waals surface area (Å²) in [5, 5.41) is 0. The third-order valence-electron chi connectivity index (χ3n) is 2.19. The average Bonchev–Trinajstić information content (AvgIpc) is 1.87. The molecular formula is C10H20. The van der Waals surface area contributed by atoms with Crippen LogP contribution in [-0.4, -0.2) is 0 Å². The van der Waals surface area contributed by atoms with Crippen molar-refractivity contribution in [1.82, 2.24) is 0 Å². The van der Waals surface area contributed by atoms with Crippen LogP contribution >= 0.6 is 0 Å². The van der Waals surface area contributed by atoms with Crippen molar-refractivity contribution in [2.75, 3.05) is 0 Å². The zero-order valence-corrected chi connectivity index (χ0v) is 7.83. The highest BCUT2D eigenvalue weighted by molar-refractivity contribution is 4.96. The topological polar surface area (TPSA) is 0 Å². The van der Waals surface area contributed by atoms with Gasteiger partial charge in [0.25, 0.3) is 0 Å². The third-order valence-corrected chi connectivity index (χ3v) is 2.19.